The summed E-state index contributed by atoms with van der Waals surface area (Å²) in [6.07, 6.45) is 0.962. The molecule has 4 aliphatic rings. The molecule has 1 fully saturated rings. The Balaban J connectivity index is 1.32. The van der Waals surface area contributed by atoms with Crippen molar-refractivity contribution in [3.05, 3.63) is 74.9 Å². The van der Waals surface area contributed by atoms with Crippen LogP contribution in [0.3, 0.4) is 0 Å². The number of nitrogens with zero attached hydrogens (tertiary/aromatic N) is 2. The number of fused-ring (bicyclic) bond motifs is 3. The third-order valence-corrected chi connectivity index (χ3v) is 6.81. The lowest BCUT2D eigenvalue weighted by molar-refractivity contribution is -0.384. The van der Waals surface area contributed by atoms with E-state index < -0.39 is 23.1 Å². The van der Waals surface area contributed by atoms with Gasteiger partial charge in [0.25, 0.3) is 5.69 Å². The maximum Gasteiger partial charge on any atom is 0.338 e. The van der Waals surface area contributed by atoms with Crippen LogP contribution < -0.4 is 9.47 Å². The first-order valence-corrected chi connectivity index (χ1v) is 10.5. The highest BCUT2D eigenvalue weighted by Gasteiger charge is 2.50. The van der Waals surface area contributed by atoms with Gasteiger partial charge in [0.05, 0.1) is 10.5 Å². The molecule has 164 valence electrons. The second kappa shape index (κ2) is 7.04. The minimum absolute atomic E-state index is 0.0622. The van der Waals surface area contributed by atoms with Crippen molar-refractivity contribution < 1.29 is 29.0 Å². The van der Waals surface area contributed by atoms with Crippen LogP contribution in [0.4, 0.5) is 5.69 Å². The summed E-state index contributed by atoms with van der Waals surface area (Å²) in [5.41, 5.74) is 3.33. The molecule has 0 radical (unpaired) electrons. The molecule has 2 aromatic carbocycles. The summed E-state index contributed by atoms with van der Waals surface area (Å²) in [4.78, 5) is 25.4. The van der Waals surface area contributed by atoms with Crippen LogP contribution in [-0.4, -0.2) is 52.5 Å². The minimum Gasteiger partial charge on any atom is -0.454 e. The topological polar surface area (TPSA) is 111 Å². The number of nitro benzene ring substituents is 1. The van der Waals surface area contributed by atoms with Crippen molar-refractivity contribution >= 4 is 11.7 Å². The summed E-state index contributed by atoms with van der Waals surface area (Å²) in [6.45, 7) is 1.82. The van der Waals surface area contributed by atoms with Gasteiger partial charge in [0.2, 0.25) is 6.79 Å². The molecule has 1 N–H and O–H groups in total. The number of ether oxygens (including phenoxy) is 3. The van der Waals surface area contributed by atoms with Crippen molar-refractivity contribution in [2.24, 2.45) is 0 Å². The Morgan fingerprint density at radius 3 is 2.69 bits per heavy atom. The van der Waals surface area contributed by atoms with Crippen LogP contribution in [-0.2, 0) is 11.3 Å². The second-order valence-corrected chi connectivity index (χ2v) is 8.50. The van der Waals surface area contributed by atoms with E-state index in [9.17, 15) is 20.0 Å². The van der Waals surface area contributed by atoms with Gasteiger partial charge in [-0.25, -0.2) is 4.79 Å². The lowest BCUT2D eigenvalue weighted by atomic mass is 9.73. The molecule has 0 aromatic heterocycles. The molecule has 9 nitrogen and oxygen atoms in total. The molecule has 0 saturated carbocycles. The number of non-ortho nitro benzene ring substituents is 1. The third-order valence-electron chi connectivity index (χ3n) is 6.81. The van der Waals surface area contributed by atoms with Gasteiger partial charge in [-0.05, 0) is 47.9 Å². The van der Waals surface area contributed by atoms with Crippen LogP contribution in [0.5, 0.6) is 11.5 Å². The average molecular weight is 436 g/mol. The fraction of sp³-hybridized carbons (Fsp3) is 0.348. The first kappa shape index (κ1) is 19.3. The summed E-state index contributed by atoms with van der Waals surface area (Å²) < 4.78 is 16.8. The van der Waals surface area contributed by atoms with Gasteiger partial charge >= 0.3 is 5.97 Å². The molecule has 32 heavy (non-hydrogen) atoms. The third kappa shape index (κ3) is 2.89. The number of hydrogen-bond donors (Lipinski definition) is 1. The van der Waals surface area contributed by atoms with Crippen molar-refractivity contribution in [2.45, 2.75) is 37.1 Å². The van der Waals surface area contributed by atoms with Gasteiger partial charge in [-0.3, -0.25) is 15.0 Å². The summed E-state index contributed by atoms with van der Waals surface area (Å²) in [7, 11) is 0. The highest BCUT2D eigenvalue weighted by Crippen LogP contribution is 2.50. The van der Waals surface area contributed by atoms with Gasteiger partial charge in [0.15, 0.2) is 11.5 Å². The van der Waals surface area contributed by atoms with E-state index in [-0.39, 0.29) is 30.0 Å². The summed E-state index contributed by atoms with van der Waals surface area (Å²) in [5.74, 6) is 0.489. The quantitative estimate of drug-likeness (QED) is 0.338. The van der Waals surface area contributed by atoms with Crippen LogP contribution >= 0.6 is 0 Å². The van der Waals surface area contributed by atoms with Gasteiger partial charge in [0.1, 0.15) is 12.2 Å². The average Bonchev–Trinajstić information content (AvgIpc) is 3.41. The van der Waals surface area contributed by atoms with Crippen molar-refractivity contribution in [1.82, 2.24) is 4.90 Å². The Kier molecular flexibility index (Phi) is 4.24. The number of carbonyl (C=O) groups is 1. The molecule has 0 unspecified atom stereocenters. The summed E-state index contributed by atoms with van der Waals surface area (Å²) >= 11 is 0. The van der Waals surface area contributed by atoms with Crippen molar-refractivity contribution in [3.63, 3.8) is 0 Å². The molecule has 0 spiro atoms. The Bertz CT molecular complexity index is 1160. The van der Waals surface area contributed by atoms with Gasteiger partial charge in [-0.1, -0.05) is 5.57 Å². The Labute approximate surface area is 182 Å². The lowest BCUT2D eigenvalue weighted by Crippen LogP contribution is -2.50. The minimum atomic E-state index is -0.939. The number of nitro groups is 1. The number of hydrogen-bond acceptors (Lipinski definition) is 8. The van der Waals surface area contributed by atoms with Gasteiger partial charge in [0, 0.05) is 37.2 Å². The van der Waals surface area contributed by atoms with Crippen LogP contribution in [0.1, 0.15) is 33.8 Å². The van der Waals surface area contributed by atoms with Crippen molar-refractivity contribution in [3.8, 4) is 11.5 Å². The summed E-state index contributed by atoms with van der Waals surface area (Å²) in [6, 6.07) is 9.23. The fourth-order valence-corrected chi connectivity index (χ4v) is 5.35. The highest BCUT2D eigenvalue weighted by atomic mass is 16.7. The predicted octanol–water partition coefficient (Wildman–Crippen LogP) is 2.52. The van der Waals surface area contributed by atoms with Gasteiger partial charge in [-0.15, -0.1) is 0 Å². The predicted molar refractivity (Wildman–Crippen MR) is 111 cm³/mol. The molecule has 0 amide bonds. The zero-order valence-corrected chi connectivity index (χ0v) is 17.0. The number of esters is 1. The SMILES string of the molecule is O=C(O[C@H]1C=C2CCN3Cc4cc5c(cc4[C@H]([C@@H]1O)[C@@H]23)OCO5)c1ccc([N+](=O)[O-])cc1. The zero-order valence-electron chi connectivity index (χ0n) is 17.0. The standard InChI is InChI=1S/C23H20N2O7/c26-22-19(32-23(27)12-1-3-15(4-2-12)25(28)29)7-13-5-6-24-10-14-8-17-18(31-11-30-17)9-16(14)20(22)21(13)24/h1-4,7-9,19-22,26H,5-6,10-11H2/t19-,20-,21+,22+/m0/s1. The van der Waals surface area contributed by atoms with Crippen LogP contribution in [0, 0.1) is 10.1 Å². The normalized spacial score (nSPS) is 27.3. The Morgan fingerprint density at radius 2 is 1.94 bits per heavy atom. The molecule has 4 atom stereocenters. The molecule has 1 aliphatic carbocycles. The summed E-state index contributed by atoms with van der Waals surface area (Å²) in [5, 5.41) is 22.2. The molecule has 9 heteroatoms. The lowest BCUT2D eigenvalue weighted by Gasteiger charge is -2.45. The number of benzene rings is 2. The van der Waals surface area contributed by atoms with Crippen LogP contribution in [0.2, 0.25) is 0 Å². The largest absolute Gasteiger partial charge is 0.454 e. The Hall–Kier alpha value is -3.43. The van der Waals surface area contributed by atoms with E-state index in [1.54, 1.807) is 0 Å². The maximum atomic E-state index is 12.7. The van der Waals surface area contributed by atoms with E-state index >= 15 is 0 Å². The van der Waals surface area contributed by atoms with Crippen LogP contribution in [0.15, 0.2) is 48.0 Å². The maximum absolute atomic E-state index is 12.7. The molecule has 3 heterocycles. The molecule has 1 saturated heterocycles. The van der Waals surface area contributed by atoms with E-state index in [4.69, 9.17) is 14.2 Å². The molecule has 0 bridgehead atoms. The van der Waals surface area contributed by atoms with E-state index in [2.05, 4.69) is 4.90 Å². The Morgan fingerprint density at radius 1 is 1.19 bits per heavy atom. The zero-order chi connectivity index (χ0) is 22.0. The number of aliphatic hydroxyl groups is 1. The number of aliphatic hydroxyl groups excluding tert-OH is 1. The number of carbonyl (C=O) groups excluding carboxylic acids is 1. The molecule has 6 rings (SSSR count). The van der Waals surface area contributed by atoms with E-state index in [1.165, 1.54) is 24.3 Å². The van der Waals surface area contributed by atoms with E-state index in [0.29, 0.717) is 11.5 Å². The monoisotopic (exact) mass is 436 g/mol. The van der Waals surface area contributed by atoms with Crippen molar-refractivity contribution in [2.75, 3.05) is 13.3 Å². The first-order valence-electron chi connectivity index (χ1n) is 10.5. The fourth-order valence-electron chi connectivity index (χ4n) is 5.35. The highest BCUT2D eigenvalue weighted by molar-refractivity contribution is 5.90. The van der Waals surface area contributed by atoms with Crippen LogP contribution in [0.25, 0.3) is 0 Å². The van der Waals surface area contributed by atoms with E-state index in [0.717, 1.165) is 36.2 Å². The molecular formula is C23H20N2O7. The van der Waals surface area contributed by atoms with Gasteiger partial charge in [-0.2, -0.15) is 0 Å². The smallest absolute Gasteiger partial charge is 0.338 e. The second-order valence-electron chi connectivity index (χ2n) is 8.50. The van der Waals surface area contributed by atoms with E-state index in [1.807, 2.05) is 18.2 Å². The molecular weight excluding hydrogens is 416 g/mol. The number of rotatable bonds is 3. The molecule has 2 aromatic rings. The van der Waals surface area contributed by atoms with Gasteiger partial charge < -0.3 is 19.3 Å². The van der Waals surface area contributed by atoms with Crippen molar-refractivity contribution in [1.29, 1.82) is 0 Å². The molecule has 3 aliphatic heterocycles. The first-order chi connectivity index (χ1) is 15.5.